The van der Waals surface area contributed by atoms with Crippen LogP contribution in [0.25, 0.3) is 0 Å². The molecule has 2 unspecified atom stereocenters. The fourth-order valence-corrected chi connectivity index (χ4v) is 4.59. The molecule has 2 rings (SSSR count). The van der Waals surface area contributed by atoms with Crippen molar-refractivity contribution >= 4 is 17.2 Å². The average molecular weight is 451 g/mol. The molecule has 2 heterocycles. The number of thiophene rings is 1. The van der Waals surface area contributed by atoms with E-state index in [9.17, 15) is 15.2 Å². The Kier molecular flexibility index (Phi) is 8.14. The third kappa shape index (κ3) is 5.77. The lowest BCUT2D eigenvalue weighted by atomic mass is 9.86. The largest absolute Gasteiger partial charge is 0.368 e. The number of hydrogen-bond donors (Lipinski definition) is 2. The summed E-state index contributed by atoms with van der Waals surface area (Å²) >= 11 is 1.52. The standard InChI is InChI=1S/C24H38N2O4S/c1-9-23(5,6)17(4)25(28)13-18-11-12-20(30-18)19-15-31-21(16(19)3)14-26(29)22(27)24(7,8)10-2/h10,15,18,20,28-29H,2,4,9,11-14H2,1,3,5-8H3. The number of rotatable bonds is 10. The van der Waals surface area contributed by atoms with Gasteiger partial charge in [0.05, 0.1) is 30.7 Å². The van der Waals surface area contributed by atoms with Crippen LogP contribution < -0.4 is 0 Å². The highest BCUT2D eigenvalue weighted by molar-refractivity contribution is 7.10. The SMILES string of the molecule is C=CC(C)(C)C(=O)N(O)Cc1scc(C2CCC(CN(O)C(=C)C(C)(C)CC)O2)c1C. The topological polar surface area (TPSA) is 73.2 Å². The van der Waals surface area contributed by atoms with E-state index in [1.54, 1.807) is 19.9 Å². The maximum absolute atomic E-state index is 12.4. The van der Waals surface area contributed by atoms with Crippen molar-refractivity contribution in [1.29, 1.82) is 0 Å². The molecule has 2 atom stereocenters. The Balaban J connectivity index is 2.00. The van der Waals surface area contributed by atoms with E-state index in [2.05, 4.69) is 33.9 Å². The third-order valence-electron chi connectivity index (χ3n) is 6.58. The number of ether oxygens (including phenoxy) is 1. The van der Waals surface area contributed by atoms with Crippen LogP contribution in [0.15, 0.2) is 30.3 Å². The number of hydrogen-bond acceptors (Lipinski definition) is 6. The molecule has 0 saturated carbocycles. The molecule has 1 aliphatic rings. The molecule has 1 amide bonds. The molecule has 6 nitrogen and oxygen atoms in total. The number of carbonyl (C=O) groups excluding carboxylic acids is 1. The van der Waals surface area contributed by atoms with Crippen molar-refractivity contribution in [3.05, 3.63) is 46.3 Å². The van der Waals surface area contributed by atoms with E-state index in [1.165, 1.54) is 16.4 Å². The molecule has 1 fully saturated rings. The smallest absolute Gasteiger partial charge is 0.255 e. The van der Waals surface area contributed by atoms with E-state index in [1.807, 2.05) is 12.3 Å². The molecule has 2 N–H and O–H groups in total. The first kappa shape index (κ1) is 25.6. The summed E-state index contributed by atoms with van der Waals surface area (Å²) in [6.45, 7) is 19.9. The van der Waals surface area contributed by atoms with Crippen LogP contribution in [0.3, 0.4) is 0 Å². The van der Waals surface area contributed by atoms with Crippen LogP contribution in [0.1, 0.15) is 76.0 Å². The van der Waals surface area contributed by atoms with E-state index in [-0.39, 0.29) is 30.1 Å². The molecule has 0 bridgehead atoms. The number of amides is 1. The van der Waals surface area contributed by atoms with Crippen LogP contribution in [-0.2, 0) is 16.1 Å². The van der Waals surface area contributed by atoms with E-state index >= 15 is 0 Å². The van der Waals surface area contributed by atoms with Crippen molar-refractivity contribution in [2.45, 2.75) is 79.6 Å². The molecule has 7 heteroatoms. The number of allylic oxidation sites excluding steroid dienone is 1. The van der Waals surface area contributed by atoms with Gasteiger partial charge in [0.25, 0.3) is 5.91 Å². The quantitative estimate of drug-likeness (QED) is 0.266. The first-order chi connectivity index (χ1) is 14.3. The molecule has 174 valence electrons. The Morgan fingerprint density at radius 2 is 1.94 bits per heavy atom. The van der Waals surface area contributed by atoms with Crippen LogP contribution in [-0.4, -0.2) is 39.1 Å². The number of nitrogens with zero attached hydrogens (tertiary/aromatic N) is 2. The minimum Gasteiger partial charge on any atom is -0.368 e. The highest BCUT2D eigenvalue weighted by Gasteiger charge is 2.33. The first-order valence-corrected chi connectivity index (χ1v) is 11.7. The van der Waals surface area contributed by atoms with Crippen molar-refractivity contribution in [2.24, 2.45) is 10.8 Å². The summed E-state index contributed by atoms with van der Waals surface area (Å²) in [4.78, 5) is 13.3. The van der Waals surface area contributed by atoms with Gasteiger partial charge in [-0.3, -0.25) is 20.3 Å². The Morgan fingerprint density at radius 3 is 2.52 bits per heavy atom. The van der Waals surface area contributed by atoms with E-state index < -0.39 is 5.41 Å². The molecule has 1 saturated heterocycles. The average Bonchev–Trinajstić information content (AvgIpc) is 3.33. The van der Waals surface area contributed by atoms with Gasteiger partial charge in [-0.1, -0.05) is 33.4 Å². The van der Waals surface area contributed by atoms with Crippen LogP contribution in [0.5, 0.6) is 0 Å². The predicted molar refractivity (Wildman–Crippen MR) is 124 cm³/mol. The second-order valence-electron chi connectivity index (χ2n) is 9.62. The highest BCUT2D eigenvalue weighted by Crippen LogP contribution is 2.39. The van der Waals surface area contributed by atoms with E-state index in [0.29, 0.717) is 12.2 Å². The van der Waals surface area contributed by atoms with Gasteiger partial charge in [-0.2, -0.15) is 0 Å². The molecular formula is C24H38N2O4S. The predicted octanol–water partition coefficient (Wildman–Crippen LogP) is 5.85. The molecule has 0 radical (unpaired) electrons. The molecule has 1 aliphatic heterocycles. The summed E-state index contributed by atoms with van der Waals surface area (Å²) in [5.74, 6) is -0.382. The second-order valence-corrected chi connectivity index (χ2v) is 10.6. The van der Waals surface area contributed by atoms with Gasteiger partial charge in [0.1, 0.15) is 0 Å². The van der Waals surface area contributed by atoms with Gasteiger partial charge >= 0.3 is 0 Å². The molecule has 0 aromatic carbocycles. The van der Waals surface area contributed by atoms with Gasteiger partial charge in [0.2, 0.25) is 0 Å². The molecule has 1 aromatic rings. The minimum absolute atomic E-state index is 0.0525. The van der Waals surface area contributed by atoms with Crippen molar-refractivity contribution in [3.8, 4) is 0 Å². The molecule has 0 aliphatic carbocycles. The lowest BCUT2D eigenvalue weighted by Crippen LogP contribution is -2.37. The molecule has 1 aromatic heterocycles. The maximum atomic E-state index is 12.4. The monoisotopic (exact) mass is 450 g/mol. The van der Waals surface area contributed by atoms with Crippen LogP contribution in [0.2, 0.25) is 0 Å². The summed E-state index contributed by atoms with van der Waals surface area (Å²) < 4.78 is 6.24. The number of hydroxylamine groups is 4. The summed E-state index contributed by atoms with van der Waals surface area (Å²) in [6.07, 6.45) is 4.02. The summed E-state index contributed by atoms with van der Waals surface area (Å²) in [5.41, 5.74) is 1.84. The fraction of sp³-hybridized carbons (Fsp3) is 0.625. The van der Waals surface area contributed by atoms with Gasteiger partial charge in [-0.15, -0.1) is 17.9 Å². The zero-order valence-corrected chi connectivity index (χ0v) is 20.6. The van der Waals surface area contributed by atoms with Crippen molar-refractivity contribution in [2.75, 3.05) is 6.54 Å². The third-order valence-corrected chi connectivity index (χ3v) is 7.67. The van der Waals surface area contributed by atoms with Gasteiger partial charge in [-0.05, 0) is 56.5 Å². The Morgan fingerprint density at radius 1 is 1.29 bits per heavy atom. The van der Waals surface area contributed by atoms with Gasteiger partial charge in [0.15, 0.2) is 0 Å². The summed E-state index contributed by atoms with van der Waals surface area (Å²) in [6, 6.07) is 0. The van der Waals surface area contributed by atoms with E-state index in [4.69, 9.17) is 4.74 Å². The van der Waals surface area contributed by atoms with Crippen LogP contribution in [0, 0.1) is 17.8 Å². The molecular weight excluding hydrogens is 412 g/mol. The van der Waals surface area contributed by atoms with Crippen molar-refractivity contribution < 1.29 is 19.9 Å². The lowest BCUT2D eigenvalue weighted by Gasteiger charge is -2.33. The van der Waals surface area contributed by atoms with Crippen LogP contribution in [0.4, 0.5) is 0 Å². The molecule has 0 spiro atoms. The fourth-order valence-electron chi connectivity index (χ4n) is 3.50. The lowest BCUT2D eigenvalue weighted by molar-refractivity contribution is -0.175. The van der Waals surface area contributed by atoms with E-state index in [0.717, 1.165) is 40.3 Å². The number of carbonyl (C=O) groups is 1. The zero-order chi connectivity index (χ0) is 23.6. The minimum atomic E-state index is -0.822. The zero-order valence-electron chi connectivity index (χ0n) is 19.8. The molecule has 31 heavy (non-hydrogen) atoms. The Hall–Kier alpha value is -1.67. The Labute approximate surface area is 190 Å². The summed E-state index contributed by atoms with van der Waals surface area (Å²) in [7, 11) is 0. The Bertz CT molecular complexity index is 815. The van der Waals surface area contributed by atoms with Crippen molar-refractivity contribution in [1.82, 2.24) is 10.1 Å². The normalized spacial score (nSPS) is 19.4. The first-order valence-electron chi connectivity index (χ1n) is 10.9. The highest BCUT2D eigenvalue weighted by atomic mass is 32.1. The van der Waals surface area contributed by atoms with Crippen LogP contribution >= 0.6 is 11.3 Å². The van der Waals surface area contributed by atoms with Crippen molar-refractivity contribution in [3.63, 3.8) is 0 Å². The van der Waals surface area contributed by atoms with Gasteiger partial charge in [-0.25, -0.2) is 5.06 Å². The second kappa shape index (κ2) is 9.86. The summed E-state index contributed by atoms with van der Waals surface area (Å²) in [5, 5.41) is 24.8. The maximum Gasteiger partial charge on any atom is 0.255 e. The van der Waals surface area contributed by atoms with Gasteiger partial charge in [0, 0.05) is 16.0 Å². The van der Waals surface area contributed by atoms with Gasteiger partial charge < -0.3 is 4.74 Å².